The number of nitrogens with one attached hydrogen (secondary N) is 2. The van der Waals surface area contributed by atoms with E-state index in [-0.39, 0.29) is 6.04 Å². The fourth-order valence-electron chi connectivity index (χ4n) is 4.24. The van der Waals surface area contributed by atoms with E-state index < -0.39 is 0 Å². The second-order valence-corrected chi connectivity index (χ2v) is 8.30. The molecule has 3 aromatic carbocycles. The van der Waals surface area contributed by atoms with E-state index in [2.05, 4.69) is 52.6 Å². The van der Waals surface area contributed by atoms with Crippen molar-refractivity contribution in [3.8, 4) is 11.5 Å². The number of aromatic nitrogens is 2. The van der Waals surface area contributed by atoms with Gasteiger partial charge in [-0.25, -0.2) is 4.98 Å². The highest BCUT2D eigenvalue weighted by atomic mass is 16.5. The molecule has 1 aromatic heterocycles. The summed E-state index contributed by atoms with van der Waals surface area (Å²) in [5, 5.41) is 3.89. The first-order valence-corrected chi connectivity index (χ1v) is 11.0. The van der Waals surface area contributed by atoms with Crippen molar-refractivity contribution in [2.24, 2.45) is 0 Å². The van der Waals surface area contributed by atoms with Crippen molar-refractivity contribution in [2.45, 2.75) is 24.9 Å². The second kappa shape index (κ2) is 8.92. The number of hydrogen-bond donors (Lipinski definition) is 2. The normalized spacial score (nSPS) is 16.4. The van der Waals surface area contributed by atoms with Gasteiger partial charge in [0.1, 0.15) is 17.3 Å². The summed E-state index contributed by atoms with van der Waals surface area (Å²) in [6.07, 6.45) is 2.26. The zero-order valence-electron chi connectivity index (χ0n) is 17.8. The van der Waals surface area contributed by atoms with Gasteiger partial charge in [-0.15, -0.1) is 0 Å². The Morgan fingerprint density at radius 2 is 1.68 bits per heavy atom. The first-order chi connectivity index (χ1) is 15.2. The summed E-state index contributed by atoms with van der Waals surface area (Å²) in [7, 11) is 2.19. The zero-order chi connectivity index (χ0) is 21.0. The highest BCUT2D eigenvalue weighted by Crippen LogP contribution is 2.29. The number of ether oxygens (including phenoxy) is 1. The highest BCUT2D eigenvalue weighted by Gasteiger charge is 2.24. The van der Waals surface area contributed by atoms with Crippen LogP contribution >= 0.6 is 0 Å². The lowest BCUT2D eigenvalue weighted by atomic mass is 10.0. The predicted octanol–water partition coefficient (Wildman–Crippen LogP) is 5.13. The Bertz CT molecular complexity index is 1100. The molecule has 0 radical (unpaired) electrons. The van der Waals surface area contributed by atoms with E-state index in [4.69, 9.17) is 9.72 Å². The van der Waals surface area contributed by atoms with Crippen LogP contribution < -0.4 is 10.1 Å². The van der Waals surface area contributed by atoms with Crippen molar-refractivity contribution in [3.63, 3.8) is 0 Å². The van der Waals surface area contributed by atoms with Crippen LogP contribution in [0, 0.1) is 0 Å². The topological polar surface area (TPSA) is 53.2 Å². The molecule has 0 saturated carbocycles. The zero-order valence-corrected chi connectivity index (χ0v) is 17.8. The van der Waals surface area contributed by atoms with Gasteiger partial charge >= 0.3 is 0 Å². The van der Waals surface area contributed by atoms with Crippen LogP contribution in [0.4, 0.5) is 0 Å². The molecule has 2 heterocycles. The van der Waals surface area contributed by atoms with Crippen molar-refractivity contribution in [1.29, 1.82) is 0 Å². The van der Waals surface area contributed by atoms with Crippen LogP contribution in [0.15, 0.2) is 78.9 Å². The fraction of sp³-hybridized carbons (Fsp3) is 0.269. The van der Waals surface area contributed by atoms with Gasteiger partial charge < -0.3 is 19.9 Å². The lowest BCUT2D eigenvalue weighted by Gasteiger charge is -2.32. The fourth-order valence-corrected chi connectivity index (χ4v) is 4.24. The lowest BCUT2D eigenvalue weighted by molar-refractivity contribution is 0.228. The van der Waals surface area contributed by atoms with Gasteiger partial charge in [0.15, 0.2) is 0 Å². The Morgan fingerprint density at radius 1 is 0.935 bits per heavy atom. The third kappa shape index (κ3) is 4.63. The van der Waals surface area contributed by atoms with E-state index in [1.165, 1.54) is 0 Å². The number of imidazole rings is 1. The quantitative estimate of drug-likeness (QED) is 0.461. The summed E-state index contributed by atoms with van der Waals surface area (Å²) in [5.41, 5.74) is 3.19. The SMILES string of the molecule is CN1CCC(NC(c2cccc(Oc3ccccc3)c2)c2nc3ccccc3[nH]2)CC1. The summed E-state index contributed by atoms with van der Waals surface area (Å²) in [6, 6.07) is 26.9. The molecule has 1 aliphatic rings. The molecule has 1 aliphatic heterocycles. The van der Waals surface area contributed by atoms with Crippen molar-refractivity contribution < 1.29 is 4.74 Å². The van der Waals surface area contributed by atoms with Crippen LogP contribution in [0.2, 0.25) is 0 Å². The molecule has 1 unspecified atom stereocenters. The molecule has 0 aliphatic carbocycles. The van der Waals surface area contributed by atoms with E-state index in [1.54, 1.807) is 0 Å². The number of para-hydroxylation sites is 3. The summed E-state index contributed by atoms with van der Waals surface area (Å²) in [4.78, 5) is 10.8. The van der Waals surface area contributed by atoms with Gasteiger partial charge in [0, 0.05) is 6.04 Å². The van der Waals surface area contributed by atoms with E-state index >= 15 is 0 Å². The van der Waals surface area contributed by atoms with Crippen molar-refractivity contribution >= 4 is 11.0 Å². The molecule has 31 heavy (non-hydrogen) atoms. The van der Waals surface area contributed by atoms with Gasteiger partial charge in [0.25, 0.3) is 0 Å². The maximum atomic E-state index is 6.10. The Kier molecular flexibility index (Phi) is 5.69. The number of hydrogen-bond acceptors (Lipinski definition) is 4. The molecule has 5 heteroatoms. The average molecular weight is 413 g/mol. The molecular weight excluding hydrogens is 384 g/mol. The van der Waals surface area contributed by atoms with Crippen LogP contribution in [0.25, 0.3) is 11.0 Å². The smallest absolute Gasteiger partial charge is 0.129 e. The van der Waals surface area contributed by atoms with Gasteiger partial charge in [-0.1, -0.05) is 42.5 Å². The summed E-state index contributed by atoms with van der Waals surface area (Å²) >= 11 is 0. The Balaban J connectivity index is 1.47. The number of fused-ring (bicyclic) bond motifs is 1. The number of rotatable bonds is 6. The summed E-state index contributed by atoms with van der Waals surface area (Å²) < 4.78 is 6.10. The number of piperidine rings is 1. The predicted molar refractivity (Wildman–Crippen MR) is 125 cm³/mol. The Labute approximate surface area is 183 Å². The van der Waals surface area contributed by atoms with E-state index in [1.807, 2.05) is 48.5 Å². The van der Waals surface area contributed by atoms with Gasteiger partial charge in [0.05, 0.1) is 17.1 Å². The maximum Gasteiger partial charge on any atom is 0.129 e. The van der Waals surface area contributed by atoms with Gasteiger partial charge in [-0.3, -0.25) is 0 Å². The molecule has 1 fully saturated rings. The second-order valence-electron chi connectivity index (χ2n) is 8.30. The first-order valence-electron chi connectivity index (χ1n) is 11.0. The van der Waals surface area contributed by atoms with Gasteiger partial charge in [-0.2, -0.15) is 0 Å². The highest BCUT2D eigenvalue weighted by molar-refractivity contribution is 5.75. The van der Waals surface area contributed by atoms with Gasteiger partial charge in [0.2, 0.25) is 0 Å². The molecular formula is C26H28N4O. The third-order valence-corrected chi connectivity index (χ3v) is 5.97. The van der Waals surface area contributed by atoms with Crippen LogP contribution in [-0.2, 0) is 0 Å². The molecule has 0 bridgehead atoms. The number of H-pyrrole nitrogens is 1. The van der Waals surface area contributed by atoms with Crippen molar-refractivity contribution in [2.75, 3.05) is 20.1 Å². The van der Waals surface area contributed by atoms with Crippen molar-refractivity contribution in [1.82, 2.24) is 20.2 Å². The van der Waals surface area contributed by atoms with Crippen LogP contribution in [-0.4, -0.2) is 41.0 Å². The third-order valence-electron chi connectivity index (χ3n) is 5.97. The molecule has 0 spiro atoms. The van der Waals surface area contributed by atoms with Crippen LogP contribution in [0.3, 0.4) is 0 Å². The van der Waals surface area contributed by atoms with Crippen LogP contribution in [0.5, 0.6) is 11.5 Å². The number of likely N-dealkylation sites (tertiary alicyclic amines) is 1. The lowest BCUT2D eigenvalue weighted by Crippen LogP contribution is -2.42. The maximum absolute atomic E-state index is 6.10. The minimum Gasteiger partial charge on any atom is -0.457 e. The van der Waals surface area contributed by atoms with Crippen LogP contribution in [0.1, 0.15) is 30.3 Å². The van der Waals surface area contributed by atoms with E-state index in [9.17, 15) is 0 Å². The number of aromatic amines is 1. The largest absolute Gasteiger partial charge is 0.457 e. The Morgan fingerprint density at radius 3 is 2.48 bits per heavy atom. The Hall–Kier alpha value is -3.15. The number of nitrogens with zero attached hydrogens (tertiary/aromatic N) is 2. The summed E-state index contributed by atoms with van der Waals surface area (Å²) in [6.45, 7) is 2.23. The first kappa shape index (κ1) is 19.8. The average Bonchev–Trinajstić information content (AvgIpc) is 3.23. The minimum atomic E-state index is -0.0277. The van der Waals surface area contributed by atoms with E-state index in [0.717, 1.165) is 59.9 Å². The molecule has 0 amide bonds. The van der Waals surface area contributed by atoms with Gasteiger partial charge in [-0.05, 0) is 74.9 Å². The molecule has 5 rings (SSSR count). The molecule has 4 aromatic rings. The summed E-state index contributed by atoms with van der Waals surface area (Å²) in [5.74, 6) is 2.61. The number of benzene rings is 3. The monoisotopic (exact) mass is 412 g/mol. The molecule has 2 N–H and O–H groups in total. The minimum absolute atomic E-state index is 0.0277. The molecule has 1 saturated heterocycles. The van der Waals surface area contributed by atoms with Crippen molar-refractivity contribution in [3.05, 3.63) is 90.3 Å². The molecule has 5 nitrogen and oxygen atoms in total. The molecule has 1 atom stereocenters. The van der Waals surface area contributed by atoms with E-state index in [0.29, 0.717) is 6.04 Å². The molecule has 158 valence electrons. The standard InChI is InChI=1S/C26H28N4O/c1-30-16-14-20(15-17-30)27-25(26-28-23-12-5-6-13-24(23)29-26)19-8-7-11-22(18-19)31-21-9-3-2-4-10-21/h2-13,18,20,25,27H,14-17H2,1H3,(H,28,29).